The standard InChI is InChI=1S/C22H18N4O3S/c27-19-11-15-10-14(6-7-16(15)23-19)20(28)25-22-24-17-8-9-26(12-18(17)30-22)21(29)13-4-2-1-3-5-13/h1-7,10H,8-9,11-12H2,(H,23,27)(H,24,25,28). The summed E-state index contributed by atoms with van der Waals surface area (Å²) in [5.74, 6) is -0.327. The van der Waals surface area contributed by atoms with E-state index in [2.05, 4.69) is 15.6 Å². The van der Waals surface area contributed by atoms with Crippen LogP contribution in [0.5, 0.6) is 0 Å². The van der Waals surface area contributed by atoms with Gasteiger partial charge >= 0.3 is 0 Å². The van der Waals surface area contributed by atoms with Crippen molar-refractivity contribution in [3.8, 4) is 0 Å². The highest BCUT2D eigenvalue weighted by Crippen LogP contribution is 2.30. The van der Waals surface area contributed by atoms with Gasteiger partial charge in [0.25, 0.3) is 11.8 Å². The zero-order valence-corrected chi connectivity index (χ0v) is 16.8. The van der Waals surface area contributed by atoms with Crippen LogP contribution < -0.4 is 10.6 Å². The molecule has 0 radical (unpaired) electrons. The van der Waals surface area contributed by atoms with E-state index in [1.165, 1.54) is 11.3 Å². The fraction of sp³-hybridized carbons (Fsp3) is 0.182. The van der Waals surface area contributed by atoms with Gasteiger partial charge in [0, 0.05) is 34.7 Å². The van der Waals surface area contributed by atoms with Crippen LogP contribution >= 0.6 is 11.3 Å². The topological polar surface area (TPSA) is 91.4 Å². The molecule has 7 nitrogen and oxygen atoms in total. The quantitative estimate of drug-likeness (QED) is 0.684. The summed E-state index contributed by atoms with van der Waals surface area (Å²) in [7, 11) is 0. The summed E-state index contributed by atoms with van der Waals surface area (Å²) in [5, 5.41) is 6.13. The Balaban J connectivity index is 1.29. The molecule has 0 bridgehead atoms. The lowest BCUT2D eigenvalue weighted by molar-refractivity contribution is -0.115. The molecule has 1 aromatic heterocycles. The number of hydrogen-bond acceptors (Lipinski definition) is 5. The van der Waals surface area contributed by atoms with Gasteiger partial charge in [-0.1, -0.05) is 29.5 Å². The van der Waals surface area contributed by atoms with E-state index in [0.29, 0.717) is 35.8 Å². The Bertz CT molecular complexity index is 1170. The highest BCUT2D eigenvalue weighted by atomic mass is 32.1. The Morgan fingerprint density at radius 3 is 2.77 bits per heavy atom. The lowest BCUT2D eigenvalue weighted by Gasteiger charge is -2.26. The van der Waals surface area contributed by atoms with Gasteiger partial charge in [-0.25, -0.2) is 4.98 Å². The fourth-order valence-corrected chi connectivity index (χ4v) is 4.74. The van der Waals surface area contributed by atoms with E-state index in [0.717, 1.165) is 21.8 Å². The number of hydrogen-bond donors (Lipinski definition) is 2. The summed E-state index contributed by atoms with van der Waals surface area (Å²) < 4.78 is 0. The van der Waals surface area contributed by atoms with Gasteiger partial charge in [0.2, 0.25) is 5.91 Å². The van der Waals surface area contributed by atoms with Crippen molar-refractivity contribution in [3.05, 3.63) is 75.8 Å². The number of nitrogens with one attached hydrogen (secondary N) is 2. The van der Waals surface area contributed by atoms with Crippen LogP contribution in [0.1, 0.15) is 36.9 Å². The van der Waals surface area contributed by atoms with Gasteiger partial charge in [-0.05, 0) is 35.9 Å². The first-order valence-corrected chi connectivity index (χ1v) is 10.5. The normalized spacial score (nSPS) is 14.7. The molecule has 30 heavy (non-hydrogen) atoms. The van der Waals surface area contributed by atoms with Crippen LogP contribution in [-0.4, -0.2) is 34.2 Å². The van der Waals surface area contributed by atoms with Crippen LogP contribution in [0.4, 0.5) is 10.8 Å². The van der Waals surface area contributed by atoms with Crippen molar-refractivity contribution >= 4 is 39.9 Å². The molecule has 0 aliphatic carbocycles. The molecule has 0 atom stereocenters. The predicted molar refractivity (Wildman–Crippen MR) is 114 cm³/mol. The van der Waals surface area contributed by atoms with Crippen LogP contribution in [-0.2, 0) is 24.2 Å². The van der Waals surface area contributed by atoms with Gasteiger partial charge in [0.1, 0.15) is 0 Å². The van der Waals surface area contributed by atoms with Gasteiger partial charge in [-0.2, -0.15) is 0 Å². The molecule has 0 saturated carbocycles. The second-order valence-corrected chi connectivity index (χ2v) is 8.37. The maximum absolute atomic E-state index is 12.7. The fourth-order valence-electron chi connectivity index (χ4n) is 3.73. The monoisotopic (exact) mass is 418 g/mol. The molecule has 0 unspecified atom stereocenters. The molecule has 2 aliphatic heterocycles. The number of nitrogens with zero attached hydrogens (tertiary/aromatic N) is 2. The van der Waals surface area contributed by atoms with Gasteiger partial charge < -0.3 is 10.2 Å². The summed E-state index contributed by atoms with van der Waals surface area (Å²) in [4.78, 5) is 44.2. The lowest BCUT2D eigenvalue weighted by atomic mass is 10.1. The maximum Gasteiger partial charge on any atom is 0.257 e. The zero-order chi connectivity index (χ0) is 20.7. The first kappa shape index (κ1) is 18.5. The highest BCUT2D eigenvalue weighted by Gasteiger charge is 2.26. The Kier molecular flexibility index (Phi) is 4.55. The Morgan fingerprint density at radius 2 is 1.93 bits per heavy atom. The number of carbonyl (C=O) groups is 3. The summed E-state index contributed by atoms with van der Waals surface area (Å²) >= 11 is 1.40. The predicted octanol–water partition coefficient (Wildman–Crippen LogP) is 3.09. The van der Waals surface area contributed by atoms with Gasteiger partial charge in [0.15, 0.2) is 5.13 Å². The summed E-state index contributed by atoms with van der Waals surface area (Å²) in [6.45, 7) is 1.09. The van der Waals surface area contributed by atoms with Crippen molar-refractivity contribution < 1.29 is 14.4 Å². The first-order chi connectivity index (χ1) is 14.6. The van der Waals surface area contributed by atoms with Gasteiger partial charge in [-0.3, -0.25) is 19.7 Å². The minimum atomic E-state index is -0.263. The average molecular weight is 418 g/mol. The van der Waals surface area contributed by atoms with Crippen LogP contribution in [0.15, 0.2) is 48.5 Å². The second-order valence-electron chi connectivity index (χ2n) is 7.28. The number of carbonyl (C=O) groups excluding carboxylic acids is 3. The summed E-state index contributed by atoms with van der Waals surface area (Å²) in [6, 6.07) is 14.4. The summed E-state index contributed by atoms with van der Waals surface area (Å²) in [6.07, 6.45) is 0.945. The van der Waals surface area contributed by atoms with Crippen molar-refractivity contribution in [2.24, 2.45) is 0 Å². The second kappa shape index (κ2) is 7.38. The first-order valence-electron chi connectivity index (χ1n) is 9.64. The van der Waals surface area contributed by atoms with E-state index >= 15 is 0 Å². The highest BCUT2D eigenvalue weighted by molar-refractivity contribution is 7.15. The number of benzene rings is 2. The lowest BCUT2D eigenvalue weighted by Crippen LogP contribution is -2.35. The van der Waals surface area contributed by atoms with Gasteiger partial charge in [0.05, 0.1) is 18.7 Å². The number of rotatable bonds is 3. The SMILES string of the molecule is O=C1Cc2cc(C(=O)Nc3nc4c(s3)CN(C(=O)c3ccccc3)CC4)ccc2N1. The van der Waals surface area contributed by atoms with Crippen LogP contribution in [0.25, 0.3) is 0 Å². The molecule has 3 heterocycles. The van der Waals surface area contributed by atoms with E-state index in [9.17, 15) is 14.4 Å². The number of anilines is 2. The Hall–Kier alpha value is -3.52. The van der Waals surface area contributed by atoms with E-state index in [4.69, 9.17) is 0 Å². The Morgan fingerprint density at radius 1 is 1.10 bits per heavy atom. The van der Waals surface area contributed by atoms with E-state index in [1.807, 2.05) is 35.2 Å². The van der Waals surface area contributed by atoms with Gasteiger partial charge in [-0.15, -0.1) is 0 Å². The largest absolute Gasteiger partial charge is 0.333 e. The zero-order valence-electron chi connectivity index (χ0n) is 16.0. The van der Waals surface area contributed by atoms with E-state index in [1.54, 1.807) is 18.2 Å². The van der Waals surface area contributed by atoms with Crippen molar-refractivity contribution in [1.82, 2.24) is 9.88 Å². The average Bonchev–Trinajstić information content (AvgIpc) is 3.34. The summed E-state index contributed by atoms with van der Waals surface area (Å²) in [5.41, 5.74) is 3.66. The number of fused-ring (bicyclic) bond motifs is 2. The molecule has 2 N–H and O–H groups in total. The number of thiazole rings is 1. The molecule has 8 heteroatoms. The van der Waals surface area contributed by atoms with Crippen molar-refractivity contribution in [1.29, 1.82) is 0 Å². The number of amides is 3. The Labute approximate surface area is 176 Å². The number of aromatic nitrogens is 1. The molecule has 5 rings (SSSR count). The van der Waals surface area contributed by atoms with E-state index < -0.39 is 0 Å². The third kappa shape index (κ3) is 3.46. The smallest absolute Gasteiger partial charge is 0.257 e. The molecular formula is C22H18N4O3S. The third-order valence-electron chi connectivity index (χ3n) is 5.25. The van der Waals surface area contributed by atoms with E-state index in [-0.39, 0.29) is 24.1 Å². The molecule has 0 fully saturated rings. The molecule has 2 aliphatic rings. The molecular weight excluding hydrogens is 400 g/mol. The molecule has 3 aromatic rings. The minimum absolute atomic E-state index is 0.00142. The van der Waals surface area contributed by atoms with Crippen LogP contribution in [0.2, 0.25) is 0 Å². The molecule has 150 valence electrons. The van der Waals surface area contributed by atoms with Crippen molar-refractivity contribution in [3.63, 3.8) is 0 Å². The van der Waals surface area contributed by atoms with Crippen molar-refractivity contribution in [2.45, 2.75) is 19.4 Å². The molecule has 0 saturated heterocycles. The third-order valence-corrected chi connectivity index (χ3v) is 6.25. The minimum Gasteiger partial charge on any atom is -0.333 e. The molecule has 0 spiro atoms. The molecule has 3 amide bonds. The van der Waals surface area contributed by atoms with Crippen LogP contribution in [0, 0.1) is 0 Å². The molecule has 2 aromatic carbocycles. The van der Waals surface area contributed by atoms with Crippen LogP contribution in [0.3, 0.4) is 0 Å². The van der Waals surface area contributed by atoms with Crippen molar-refractivity contribution in [2.75, 3.05) is 17.2 Å². The maximum atomic E-state index is 12.7.